The van der Waals surface area contributed by atoms with E-state index >= 15 is 0 Å². The number of nitrogens with one attached hydrogen (secondary N) is 2. The normalized spacial score (nSPS) is 23.5. The fourth-order valence-electron chi connectivity index (χ4n) is 10.8. The lowest BCUT2D eigenvalue weighted by molar-refractivity contribution is -0.155. The Kier molecular flexibility index (Phi) is 13.7. The number of methoxy groups -OCH3 is 1. The molecule has 4 aliphatic heterocycles. The van der Waals surface area contributed by atoms with Crippen LogP contribution in [0.1, 0.15) is 90.2 Å². The third-order valence-electron chi connectivity index (χ3n) is 14.4. The van der Waals surface area contributed by atoms with Crippen LogP contribution in [-0.2, 0) is 58.1 Å². The van der Waals surface area contributed by atoms with Gasteiger partial charge in [0.15, 0.2) is 0 Å². The van der Waals surface area contributed by atoms with Gasteiger partial charge in [0, 0.05) is 79.7 Å². The molecule has 2 aromatic carbocycles. The number of carbonyl (C=O) groups is 4. The quantitative estimate of drug-likeness (QED) is 0.161. The number of likely N-dealkylation sites (tertiary alicyclic amines) is 1. The SMILES string of the molecule is C=CS(=O)(=O)N1CCC2(CCN([C@H](C(=O)N[C@H]3Cc4cc(O)cc(c4)-c4ccc5c(c4)c(c(-c4cccnc4[C@H](C)OC)n5CC)CC(C)(C)COC(=O)[C@@H]4CCCN(N4)C3=O)C(C)C)C2=O)C1. The van der Waals surface area contributed by atoms with E-state index in [-0.39, 0.29) is 62.9 Å². The van der Waals surface area contributed by atoms with Gasteiger partial charge in [0.25, 0.3) is 5.91 Å². The van der Waals surface area contributed by atoms with Crippen molar-refractivity contribution < 1.29 is 42.2 Å². The van der Waals surface area contributed by atoms with Crippen LogP contribution >= 0.6 is 0 Å². The number of fused-ring (bicyclic) bond motifs is 6. The van der Waals surface area contributed by atoms with Crippen molar-refractivity contribution in [2.45, 2.75) is 111 Å². The van der Waals surface area contributed by atoms with Crippen molar-refractivity contribution in [3.8, 4) is 28.1 Å². The van der Waals surface area contributed by atoms with Crippen LogP contribution in [0.2, 0.25) is 0 Å². The van der Waals surface area contributed by atoms with E-state index in [4.69, 9.17) is 14.5 Å². The second kappa shape index (κ2) is 19.1. The van der Waals surface area contributed by atoms with Crippen molar-refractivity contribution in [1.82, 2.24) is 34.5 Å². The maximum absolute atomic E-state index is 14.8. The Labute approximate surface area is 399 Å². The van der Waals surface area contributed by atoms with Crippen molar-refractivity contribution >= 4 is 44.6 Å². The minimum absolute atomic E-state index is 0.00470. The van der Waals surface area contributed by atoms with Gasteiger partial charge in [-0.15, -0.1) is 0 Å². The Balaban J connectivity index is 1.20. The van der Waals surface area contributed by atoms with Gasteiger partial charge in [-0.05, 0) is 111 Å². The number of nitrogens with zero attached hydrogens (tertiary/aromatic N) is 5. The summed E-state index contributed by atoms with van der Waals surface area (Å²) < 4.78 is 40.9. The molecular formula is C51H65N7O9S. The number of ether oxygens (including phenoxy) is 2. The number of carbonyl (C=O) groups excluding carboxylic acids is 4. The van der Waals surface area contributed by atoms with Crippen LogP contribution in [-0.4, -0.2) is 119 Å². The molecule has 68 heavy (non-hydrogen) atoms. The first-order chi connectivity index (χ1) is 32.3. The largest absolute Gasteiger partial charge is 0.508 e. The molecular weight excluding hydrogens is 887 g/mol. The van der Waals surface area contributed by atoms with Gasteiger partial charge in [0.1, 0.15) is 23.9 Å². The number of hydrogen-bond donors (Lipinski definition) is 3. The molecule has 5 atom stereocenters. The number of hydrazine groups is 1. The number of cyclic esters (lactones) is 1. The molecule has 3 fully saturated rings. The van der Waals surface area contributed by atoms with Crippen molar-refractivity contribution in [3.05, 3.63) is 83.5 Å². The molecule has 1 spiro atoms. The molecule has 0 radical (unpaired) electrons. The molecule has 6 bridgehead atoms. The smallest absolute Gasteiger partial charge is 0.324 e. The van der Waals surface area contributed by atoms with Gasteiger partial charge < -0.3 is 29.4 Å². The molecule has 4 aromatic rings. The number of aryl methyl sites for hydroxylation is 1. The lowest BCUT2D eigenvalue weighted by Gasteiger charge is -2.37. The van der Waals surface area contributed by atoms with Gasteiger partial charge in [0.2, 0.25) is 21.8 Å². The summed E-state index contributed by atoms with van der Waals surface area (Å²) in [5, 5.41) is 17.6. The summed E-state index contributed by atoms with van der Waals surface area (Å²) in [6.45, 7) is 16.7. The van der Waals surface area contributed by atoms with E-state index in [1.54, 1.807) is 25.4 Å². The maximum Gasteiger partial charge on any atom is 0.324 e. The molecule has 4 aliphatic rings. The van der Waals surface area contributed by atoms with Crippen molar-refractivity contribution in [3.63, 3.8) is 0 Å². The number of phenols is 1. The van der Waals surface area contributed by atoms with Gasteiger partial charge in [-0.1, -0.05) is 46.4 Å². The zero-order valence-corrected chi connectivity index (χ0v) is 41.0. The number of sulfonamides is 1. The number of aromatic hydroxyl groups is 1. The Morgan fingerprint density at radius 3 is 2.56 bits per heavy atom. The Hall–Kier alpha value is -5.62. The lowest BCUT2D eigenvalue weighted by atomic mass is 9.84. The van der Waals surface area contributed by atoms with Crippen LogP contribution in [0.15, 0.2) is 66.7 Å². The molecule has 17 heteroatoms. The second-order valence-electron chi connectivity index (χ2n) is 20.0. The molecule has 364 valence electrons. The molecule has 3 saturated heterocycles. The van der Waals surface area contributed by atoms with E-state index in [2.05, 4.69) is 60.9 Å². The van der Waals surface area contributed by atoms with Crippen LogP contribution in [0.3, 0.4) is 0 Å². The van der Waals surface area contributed by atoms with Crippen LogP contribution < -0.4 is 10.7 Å². The Morgan fingerprint density at radius 2 is 1.84 bits per heavy atom. The number of hydrogen-bond acceptors (Lipinski definition) is 11. The fraction of sp³-hybridized carbons (Fsp3) is 0.510. The summed E-state index contributed by atoms with van der Waals surface area (Å²) >= 11 is 0. The maximum atomic E-state index is 14.8. The molecule has 6 heterocycles. The number of esters is 1. The van der Waals surface area contributed by atoms with Crippen molar-refractivity contribution in [2.24, 2.45) is 16.7 Å². The third-order valence-corrected chi connectivity index (χ3v) is 15.8. The van der Waals surface area contributed by atoms with E-state index in [0.29, 0.717) is 49.8 Å². The van der Waals surface area contributed by atoms with Crippen LogP contribution in [0, 0.1) is 16.7 Å². The van der Waals surface area contributed by atoms with Gasteiger partial charge >= 0.3 is 5.97 Å². The summed E-state index contributed by atoms with van der Waals surface area (Å²) in [5.41, 5.74) is 8.46. The first-order valence-corrected chi connectivity index (χ1v) is 25.3. The average molecular weight is 952 g/mol. The highest BCUT2D eigenvalue weighted by Crippen LogP contribution is 2.44. The predicted octanol–water partition coefficient (Wildman–Crippen LogP) is 5.87. The second-order valence-corrected chi connectivity index (χ2v) is 21.9. The summed E-state index contributed by atoms with van der Waals surface area (Å²) in [7, 11) is -2.08. The molecule has 2 aromatic heterocycles. The summed E-state index contributed by atoms with van der Waals surface area (Å²) in [6, 6.07) is 12.4. The lowest BCUT2D eigenvalue weighted by Crippen LogP contribution is -2.62. The van der Waals surface area contributed by atoms with Crippen LogP contribution in [0.25, 0.3) is 33.3 Å². The zero-order valence-electron chi connectivity index (χ0n) is 40.2. The Bertz CT molecular complexity index is 2750. The minimum atomic E-state index is -3.74. The summed E-state index contributed by atoms with van der Waals surface area (Å²) in [6.07, 6.45) is 3.59. The van der Waals surface area contributed by atoms with Gasteiger partial charge in [-0.2, -0.15) is 4.31 Å². The molecule has 0 aliphatic carbocycles. The van der Waals surface area contributed by atoms with E-state index in [0.717, 1.165) is 44.4 Å². The zero-order chi connectivity index (χ0) is 48.9. The first-order valence-electron chi connectivity index (χ1n) is 23.7. The molecule has 3 amide bonds. The van der Waals surface area contributed by atoms with Crippen molar-refractivity contribution in [1.29, 1.82) is 0 Å². The van der Waals surface area contributed by atoms with Gasteiger partial charge in [-0.25, -0.2) is 13.8 Å². The average Bonchev–Trinajstić information content (AvgIpc) is 4.00. The highest BCUT2D eigenvalue weighted by Gasteiger charge is 2.55. The van der Waals surface area contributed by atoms with Crippen LogP contribution in [0.4, 0.5) is 0 Å². The Morgan fingerprint density at radius 1 is 1.07 bits per heavy atom. The molecule has 1 unspecified atom stereocenters. The number of benzene rings is 2. The molecule has 8 rings (SSSR count). The van der Waals surface area contributed by atoms with E-state index < -0.39 is 56.8 Å². The number of phenolic OH excluding ortho intramolecular Hbond substituents is 1. The highest BCUT2D eigenvalue weighted by atomic mass is 32.2. The standard InChI is InChI=1S/C51H65N7O9S/c1-9-56-42-16-15-34-27-38(42)39(45(56)37-13-11-19-52-43(37)32(5)66-8)28-50(6,7)30-67-48(62)40-14-12-20-58(54-40)47(61)41(25-33-23-35(34)26-36(59)24-33)53-46(60)44(31(3)4)57-22-18-51(49(57)63)17-21-55(29-51)68(64,65)10-2/h10-11,13,15-16,19,23-24,26-27,31-32,40-41,44,54,59H,2,9,12,14,17-18,20-22,25,28-30H2,1,3-8H3,(H,53,60)/t32-,40-,41-,44-,51?/m0/s1. The first kappa shape index (κ1) is 48.8. The predicted molar refractivity (Wildman–Crippen MR) is 258 cm³/mol. The molecule has 16 nitrogen and oxygen atoms in total. The van der Waals surface area contributed by atoms with Crippen molar-refractivity contribution in [2.75, 3.05) is 39.9 Å². The minimum Gasteiger partial charge on any atom is -0.508 e. The molecule has 0 saturated carbocycles. The van der Waals surface area contributed by atoms with Gasteiger partial charge in [-0.3, -0.25) is 29.2 Å². The third kappa shape index (κ3) is 9.29. The van der Waals surface area contributed by atoms with E-state index in [1.807, 2.05) is 39.0 Å². The number of aromatic nitrogens is 2. The number of rotatable bonds is 10. The van der Waals surface area contributed by atoms with E-state index in [9.17, 15) is 32.7 Å². The monoisotopic (exact) mass is 951 g/mol. The summed E-state index contributed by atoms with van der Waals surface area (Å²) in [5.74, 6) is -2.23. The fourth-order valence-corrected chi connectivity index (χ4v) is 11.8. The van der Waals surface area contributed by atoms with E-state index in [1.165, 1.54) is 14.2 Å². The van der Waals surface area contributed by atoms with Gasteiger partial charge in [0.05, 0.1) is 29.5 Å². The molecule has 3 N–H and O–H groups in total. The summed E-state index contributed by atoms with van der Waals surface area (Å²) in [4.78, 5) is 64.1. The number of amides is 3. The topological polar surface area (TPSA) is 193 Å². The number of pyridine rings is 1. The van der Waals surface area contributed by atoms with Crippen LogP contribution in [0.5, 0.6) is 5.75 Å². The highest BCUT2D eigenvalue weighted by molar-refractivity contribution is 7.92.